The Bertz CT molecular complexity index is 876. The maximum absolute atomic E-state index is 12.0. The number of ether oxygens (including phenoxy) is 1. The van der Waals surface area contributed by atoms with Gasteiger partial charge >= 0.3 is 6.36 Å². The maximum atomic E-state index is 12.0. The second kappa shape index (κ2) is 8.28. The van der Waals surface area contributed by atoms with Crippen molar-refractivity contribution in [3.63, 3.8) is 0 Å². The fourth-order valence-corrected chi connectivity index (χ4v) is 2.88. The normalized spacial score (nSPS) is 14.7. The van der Waals surface area contributed by atoms with E-state index in [0.717, 1.165) is 24.2 Å². The Morgan fingerprint density at radius 1 is 1.07 bits per heavy atom. The van der Waals surface area contributed by atoms with Crippen molar-refractivity contribution in [3.8, 4) is 5.75 Å². The first-order chi connectivity index (χ1) is 12.5. The minimum atomic E-state index is -4.62. The van der Waals surface area contributed by atoms with E-state index in [1.807, 2.05) is 6.92 Å². The summed E-state index contributed by atoms with van der Waals surface area (Å²) < 4.78 is 69.5. The van der Waals surface area contributed by atoms with Crippen LogP contribution in [0.2, 0.25) is 0 Å². The molecule has 5 nitrogen and oxygen atoms in total. The van der Waals surface area contributed by atoms with E-state index in [4.69, 9.17) is 4.55 Å². The van der Waals surface area contributed by atoms with Gasteiger partial charge in [-0.15, -0.1) is 13.2 Å². The third-order valence-corrected chi connectivity index (χ3v) is 4.86. The van der Waals surface area contributed by atoms with Crippen LogP contribution >= 0.6 is 0 Å². The topological polar surface area (TPSA) is 75.6 Å². The molecule has 27 heavy (non-hydrogen) atoms. The van der Waals surface area contributed by atoms with E-state index in [1.54, 1.807) is 31.2 Å². The van der Waals surface area contributed by atoms with E-state index in [2.05, 4.69) is 10.1 Å². The van der Waals surface area contributed by atoms with Crippen LogP contribution in [0.4, 0.5) is 13.2 Å². The monoisotopic (exact) mass is 403 g/mol. The van der Waals surface area contributed by atoms with Gasteiger partial charge in [-0.3, -0.25) is 4.55 Å². The van der Waals surface area contributed by atoms with Gasteiger partial charge in [0.25, 0.3) is 10.1 Å². The molecule has 2 aromatic carbocycles. The van der Waals surface area contributed by atoms with Crippen LogP contribution < -0.4 is 10.1 Å². The highest BCUT2D eigenvalue weighted by Gasteiger charge is 2.32. The lowest BCUT2D eigenvalue weighted by atomic mass is 9.92. The highest BCUT2D eigenvalue weighted by molar-refractivity contribution is 7.85. The van der Waals surface area contributed by atoms with E-state index in [1.165, 1.54) is 18.2 Å². The molecule has 1 aliphatic rings. The molecule has 0 aliphatic carbocycles. The van der Waals surface area contributed by atoms with Gasteiger partial charge in [0.05, 0.1) is 4.90 Å². The zero-order valence-electron chi connectivity index (χ0n) is 14.7. The Morgan fingerprint density at radius 3 is 2.07 bits per heavy atom. The molecule has 1 saturated heterocycles. The number of alkyl halides is 3. The van der Waals surface area contributed by atoms with E-state index < -0.39 is 16.5 Å². The quantitative estimate of drug-likeness (QED) is 0.762. The Labute approximate surface area is 155 Å². The SMILES string of the molecule is Cc1cc(C2CNC2)ccc1OC(F)(F)F.Cc1ccc(S(=O)(=O)O)cc1. The molecule has 1 fully saturated rings. The van der Waals surface area contributed by atoms with Gasteiger partial charge in [-0.25, -0.2) is 0 Å². The van der Waals surface area contributed by atoms with Gasteiger partial charge in [0.15, 0.2) is 0 Å². The zero-order chi connectivity index (χ0) is 20.2. The number of halogens is 3. The van der Waals surface area contributed by atoms with Crippen molar-refractivity contribution in [2.45, 2.75) is 31.0 Å². The fraction of sp³-hybridized carbons (Fsp3) is 0.333. The molecule has 0 amide bonds. The van der Waals surface area contributed by atoms with Crippen molar-refractivity contribution in [2.24, 2.45) is 0 Å². The van der Waals surface area contributed by atoms with Crippen LogP contribution in [-0.2, 0) is 10.1 Å². The van der Waals surface area contributed by atoms with E-state index >= 15 is 0 Å². The summed E-state index contributed by atoms with van der Waals surface area (Å²) in [7, 11) is -4.02. The van der Waals surface area contributed by atoms with Gasteiger partial charge in [0, 0.05) is 19.0 Å². The predicted octanol–water partition coefficient (Wildman–Crippen LogP) is 3.82. The van der Waals surface area contributed by atoms with Crippen molar-refractivity contribution < 1.29 is 30.9 Å². The number of benzene rings is 2. The first kappa shape index (κ1) is 21.2. The molecule has 1 heterocycles. The molecular weight excluding hydrogens is 383 g/mol. The molecular formula is C18H20F3NO4S. The van der Waals surface area contributed by atoms with E-state index in [-0.39, 0.29) is 10.6 Å². The minimum Gasteiger partial charge on any atom is -0.406 e. The van der Waals surface area contributed by atoms with Crippen LogP contribution in [0, 0.1) is 13.8 Å². The molecule has 0 bridgehead atoms. The summed E-state index contributed by atoms with van der Waals surface area (Å²) >= 11 is 0. The Hall–Kier alpha value is -2.10. The molecule has 148 valence electrons. The van der Waals surface area contributed by atoms with Crippen molar-refractivity contribution in [1.82, 2.24) is 5.32 Å². The Kier molecular flexibility index (Phi) is 6.50. The van der Waals surface area contributed by atoms with E-state index in [0.29, 0.717) is 11.5 Å². The molecule has 9 heteroatoms. The average molecular weight is 403 g/mol. The predicted molar refractivity (Wildman–Crippen MR) is 94.5 cm³/mol. The summed E-state index contributed by atoms with van der Waals surface area (Å²) in [5.41, 5.74) is 2.53. The summed E-state index contributed by atoms with van der Waals surface area (Å²) in [5.74, 6) is 0.294. The number of nitrogens with one attached hydrogen (secondary N) is 1. The van der Waals surface area contributed by atoms with Crippen LogP contribution in [0.1, 0.15) is 22.6 Å². The smallest absolute Gasteiger partial charge is 0.406 e. The molecule has 0 spiro atoms. The molecule has 3 rings (SSSR count). The number of hydrogen-bond donors (Lipinski definition) is 2. The highest BCUT2D eigenvalue weighted by Crippen LogP contribution is 2.29. The first-order valence-corrected chi connectivity index (χ1v) is 9.51. The lowest BCUT2D eigenvalue weighted by molar-refractivity contribution is -0.274. The summed E-state index contributed by atoms with van der Waals surface area (Å²) in [6.45, 7) is 5.24. The maximum Gasteiger partial charge on any atom is 0.573 e. The summed E-state index contributed by atoms with van der Waals surface area (Å²) in [6.07, 6.45) is -4.62. The molecule has 0 unspecified atom stereocenters. The third kappa shape index (κ3) is 6.53. The fourth-order valence-electron chi connectivity index (χ4n) is 2.40. The van der Waals surface area contributed by atoms with Gasteiger partial charge in [0.1, 0.15) is 5.75 Å². The van der Waals surface area contributed by atoms with Crippen LogP contribution in [0.25, 0.3) is 0 Å². The van der Waals surface area contributed by atoms with Crippen LogP contribution in [0.3, 0.4) is 0 Å². The highest BCUT2D eigenvalue weighted by atomic mass is 32.2. The summed E-state index contributed by atoms with van der Waals surface area (Å²) in [6, 6.07) is 10.8. The second-order valence-corrected chi connectivity index (χ2v) is 7.64. The number of aryl methyl sites for hydroxylation is 2. The molecule has 0 aromatic heterocycles. The van der Waals surface area contributed by atoms with Gasteiger partial charge < -0.3 is 10.1 Å². The average Bonchev–Trinajstić information content (AvgIpc) is 2.47. The summed E-state index contributed by atoms with van der Waals surface area (Å²) in [5, 5.41) is 3.12. The lowest BCUT2D eigenvalue weighted by Gasteiger charge is -2.28. The van der Waals surface area contributed by atoms with Crippen molar-refractivity contribution in [1.29, 1.82) is 0 Å². The van der Waals surface area contributed by atoms with Gasteiger partial charge in [-0.1, -0.05) is 29.8 Å². The minimum absolute atomic E-state index is 0.0666. The molecule has 2 aromatic rings. The van der Waals surface area contributed by atoms with Crippen molar-refractivity contribution in [3.05, 3.63) is 59.2 Å². The second-order valence-electron chi connectivity index (χ2n) is 6.22. The molecule has 0 atom stereocenters. The Balaban J connectivity index is 0.000000208. The van der Waals surface area contributed by atoms with Gasteiger partial charge in [-0.2, -0.15) is 8.42 Å². The largest absolute Gasteiger partial charge is 0.573 e. The van der Waals surface area contributed by atoms with Crippen LogP contribution in [-0.4, -0.2) is 32.4 Å². The molecule has 2 N–H and O–H groups in total. The number of hydrogen-bond acceptors (Lipinski definition) is 4. The van der Waals surface area contributed by atoms with Crippen molar-refractivity contribution >= 4 is 10.1 Å². The summed E-state index contributed by atoms with van der Waals surface area (Å²) in [4.78, 5) is -0.0666. The zero-order valence-corrected chi connectivity index (χ0v) is 15.6. The molecule has 1 aliphatic heterocycles. The van der Waals surface area contributed by atoms with Crippen LogP contribution in [0.5, 0.6) is 5.75 Å². The lowest BCUT2D eigenvalue weighted by Crippen LogP contribution is -2.39. The standard InChI is InChI=1S/C11H12F3NO.C7H8O3S/c1-7-4-8(9-5-15-6-9)2-3-10(7)16-11(12,13)14;1-6-2-4-7(5-3-6)11(8,9)10/h2-4,9,15H,5-6H2,1H3;2-5H,1H3,(H,8,9,10). The van der Waals surface area contributed by atoms with Gasteiger partial charge in [0.2, 0.25) is 0 Å². The van der Waals surface area contributed by atoms with Crippen molar-refractivity contribution in [2.75, 3.05) is 13.1 Å². The van der Waals surface area contributed by atoms with Gasteiger partial charge in [-0.05, 0) is 43.2 Å². The van der Waals surface area contributed by atoms with E-state index in [9.17, 15) is 21.6 Å². The third-order valence-electron chi connectivity index (χ3n) is 4.00. The first-order valence-electron chi connectivity index (χ1n) is 8.07. The molecule has 0 radical (unpaired) electrons. The number of rotatable bonds is 3. The van der Waals surface area contributed by atoms with Crippen LogP contribution in [0.15, 0.2) is 47.4 Å². The Morgan fingerprint density at radius 2 is 1.67 bits per heavy atom. The molecule has 0 saturated carbocycles.